The van der Waals surface area contributed by atoms with E-state index in [9.17, 15) is 9.59 Å². The van der Waals surface area contributed by atoms with E-state index in [1.54, 1.807) is 13.1 Å². The van der Waals surface area contributed by atoms with Gasteiger partial charge >= 0.3 is 0 Å². The van der Waals surface area contributed by atoms with E-state index in [1.165, 1.54) is 16.7 Å². The number of carbonyl (C=O) groups is 2. The van der Waals surface area contributed by atoms with Crippen molar-refractivity contribution in [2.75, 3.05) is 24.7 Å². The van der Waals surface area contributed by atoms with Crippen molar-refractivity contribution in [1.82, 2.24) is 4.90 Å². The zero-order valence-corrected chi connectivity index (χ0v) is 16.1. The van der Waals surface area contributed by atoms with Crippen molar-refractivity contribution in [1.29, 1.82) is 0 Å². The van der Waals surface area contributed by atoms with E-state index in [-0.39, 0.29) is 24.1 Å². The lowest BCUT2D eigenvalue weighted by Crippen LogP contribution is -2.36. The number of aryl methyl sites for hydroxylation is 2. The van der Waals surface area contributed by atoms with Gasteiger partial charge in [0, 0.05) is 17.6 Å². The van der Waals surface area contributed by atoms with Gasteiger partial charge in [-0.25, -0.2) is 0 Å². The normalized spacial score (nSPS) is 10.4. The molecule has 6 heteroatoms. The first-order valence-electron chi connectivity index (χ1n) is 7.85. The maximum atomic E-state index is 12.2. The van der Waals surface area contributed by atoms with Crippen LogP contribution in [-0.2, 0) is 9.59 Å². The molecule has 0 heterocycles. The van der Waals surface area contributed by atoms with E-state index < -0.39 is 0 Å². The standard InChI is InChI=1S/C19H21ClN2O2S/c1-13-8-9-14(2)16(10-13)21-18(23)11-22(3)19(24)12-25-17-7-5-4-6-15(17)20/h4-10H,11-12H2,1-3H3,(H,21,23). The van der Waals surface area contributed by atoms with Gasteiger partial charge in [-0.2, -0.15) is 0 Å². The predicted octanol–water partition coefficient (Wildman–Crippen LogP) is 4.15. The summed E-state index contributed by atoms with van der Waals surface area (Å²) in [6, 6.07) is 13.2. The predicted molar refractivity (Wildman–Crippen MR) is 104 cm³/mol. The monoisotopic (exact) mass is 376 g/mol. The molecule has 0 atom stereocenters. The van der Waals surface area contributed by atoms with Gasteiger partial charge in [-0.15, -0.1) is 11.8 Å². The minimum absolute atomic E-state index is 0.00922. The molecule has 132 valence electrons. The van der Waals surface area contributed by atoms with E-state index in [4.69, 9.17) is 11.6 Å². The zero-order valence-electron chi connectivity index (χ0n) is 14.5. The summed E-state index contributed by atoms with van der Waals surface area (Å²) >= 11 is 7.44. The maximum Gasteiger partial charge on any atom is 0.243 e. The van der Waals surface area contributed by atoms with Crippen molar-refractivity contribution in [2.24, 2.45) is 0 Å². The number of carbonyl (C=O) groups excluding carboxylic acids is 2. The second kappa shape index (κ2) is 8.92. The molecular formula is C19H21ClN2O2S. The quantitative estimate of drug-likeness (QED) is 0.770. The molecule has 0 spiro atoms. The SMILES string of the molecule is Cc1ccc(C)c(NC(=O)CN(C)C(=O)CSc2ccccc2Cl)c1. The summed E-state index contributed by atoms with van der Waals surface area (Å²) in [5.74, 6) is -0.106. The summed E-state index contributed by atoms with van der Waals surface area (Å²) < 4.78 is 0. The highest BCUT2D eigenvalue weighted by molar-refractivity contribution is 8.00. The minimum atomic E-state index is -0.215. The fourth-order valence-corrected chi connectivity index (χ4v) is 3.35. The van der Waals surface area contributed by atoms with Gasteiger partial charge in [0.1, 0.15) is 0 Å². The lowest BCUT2D eigenvalue weighted by atomic mass is 10.1. The summed E-state index contributed by atoms with van der Waals surface area (Å²) in [4.78, 5) is 26.7. The van der Waals surface area contributed by atoms with Gasteiger partial charge in [-0.05, 0) is 43.2 Å². The van der Waals surface area contributed by atoms with Gasteiger partial charge in [0.15, 0.2) is 0 Å². The summed E-state index contributed by atoms with van der Waals surface area (Å²) in [6.45, 7) is 3.91. The maximum absolute atomic E-state index is 12.2. The van der Waals surface area contributed by atoms with E-state index in [2.05, 4.69) is 5.32 Å². The molecule has 0 aliphatic rings. The van der Waals surface area contributed by atoms with E-state index in [1.807, 2.05) is 50.2 Å². The third-order valence-corrected chi connectivity index (χ3v) is 5.16. The Morgan fingerprint density at radius 3 is 2.60 bits per heavy atom. The van der Waals surface area contributed by atoms with Crippen molar-refractivity contribution >= 4 is 40.9 Å². The van der Waals surface area contributed by atoms with Crippen LogP contribution in [-0.4, -0.2) is 36.1 Å². The summed E-state index contributed by atoms with van der Waals surface area (Å²) in [7, 11) is 1.62. The van der Waals surface area contributed by atoms with Gasteiger partial charge in [0.05, 0.1) is 17.3 Å². The summed E-state index contributed by atoms with van der Waals surface area (Å²) in [5, 5.41) is 3.48. The number of nitrogens with one attached hydrogen (secondary N) is 1. The Bertz CT molecular complexity index is 780. The van der Waals surface area contributed by atoms with Crippen LogP contribution in [0.3, 0.4) is 0 Å². The van der Waals surface area contributed by atoms with Gasteiger partial charge in [0.25, 0.3) is 0 Å². The summed E-state index contributed by atoms with van der Waals surface area (Å²) in [5.41, 5.74) is 2.83. The molecule has 2 rings (SSSR count). The number of likely N-dealkylation sites (N-methyl/N-ethyl adjacent to an activating group) is 1. The molecule has 2 aromatic rings. The number of thioether (sulfide) groups is 1. The fourth-order valence-electron chi connectivity index (χ4n) is 2.18. The van der Waals surface area contributed by atoms with Crippen LogP contribution in [0.15, 0.2) is 47.4 Å². The van der Waals surface area contributed by atoms with Crippen molar-refractivity contribution in [3.05, 3.63) is 58.6 Å². The van der Waals surface area contributed by atoms with Crippen LogP contribution in [0.4, 0.5) is 5.69 Å². The van der Waals surface area contributed by atoms with E-state index in [0.29, 0.717) is 5.02 Å². The molecule has 1 N–H and O–H groups in total. The second-order valence-electron chi connectivity index (χ2n) is 5.84. The molecule has 2 amide bonds. The lowest BCUT2D eigenvalue weighted by Gasteiger charge is -2.17. The molecule has 0 radical (unpaired) electrons. The molecule has 0 saturated carbocycles. The number of anilines is 1. The zero-order chi connectivity index (χ0) is 18.4. The van der Waals surface area contributed by atoms with Crippen LogP contribution < -0.4 is 5.32 Å². The Hall–Kier alpha value is -1.98. The highest BCUT2D eigenvalue weighted by Crippen LogP contribution is 2.26. The first-order valence-corrected chi connectivity index (χ1v) is 9.21. The molecule has 4 nitrogen and oxygen atoms in total. The lowest BCUT2D eigenvalue weighted by molar-refractivity contribution is -0.131. The third kappa shape index (κ3) is 5.80. The van der Waals surface area contributed by atoms with Gasteiger partial charge in [-0.1, -0.05) is 35.9 Å². The van der Waals surface area contributed by atoms with E-state index >= 15 is 0 Å². The van der Waals surface area contributed by atoms with Crippen molar-refractivity contribution in [2.45, 2.75) is 18.7 Å². The van der Waals surface area contributed by atoms with Crippen LogP contribution in [0.5, 0.6) is 0 Å². The second-order valence-corrected chi connectivity index (χ2v) is 7.26. The number of amides is 2. The molecule has 0 fully saturated rings. The Labute approximate surface area is 157 Å². The minimum Gasteiger partial charge on any atom is -0.336 e. The van der Waals surface area contributed by atoms with Crippen LogP contribution in [0.2, 0.25) is 5.02 Å². The van der Waals surface area contributed by atoms with Crippen LogP contribution >= 0.6 is 23.4 Å². The number of rotatable bonds is 6. The molecule has 0 aliphatic heterocycles. The third-order valence-electron chi connectivity index (χ3n) is 3.66. The topological polar surface area (TPSA) is 49.4 Å². The van der Waals surface area contributed by atoms with Gasteiger partial charge < -0.3 is 10.2 Å². The van der Waals surface area contributed by atoms with Crippen LogP contribution in [0.1, 0.15) is 11.1 Å². The highest BCUT2D eigenvalue weighted by Gasteiger charge is 2.14. The summed E-state index contributed by atoms with van der Waals surface area (Å²) in [6.07, 6.45) is 0. The first kappa shape index (κ1) is 19.3. The van der Waals surface area contributed by atoms with E-state index in [0.717, 1.165) is 21.7 Å². The molecule has 0 aliphatic carbocycles. The number of halogens is 1. The molecule has 0 saturated heterocycles. The first-order chi connectivity index (χ1) is 11.9. The average Bonchev–Trinajstić information content (AvgIpc) is 2.57. The average molecular weight is 377 g/mol. The Balaban J connectivity index is 1.86. The molecule has 25 heavy (non-hydrogen) atoms. The number of benzene rings is 2. The molecule has 0 unspecified atom stereocenters. The van der Waals surface area contributed by atoms with Crippen molar-refractivity contribution in [3.63, 3.8) is 0 Å². The van der Waals surface area contributed by atoms with Crippen molar-refractivity contribution < 1.29 is 9.59 Å². The molecule has 0 aromatic heterocycles. The highest BCUT2D eigenvalue weighted by atomic mass is 35.5. The molecule has 2 aromatic carbocycles. The van der Waals surface area contributed by atoms with Gasteiger partial charge in [0.2, 0.25) is 11.8 Å². The van der Waals surface area contributed by atoms with Crippen molar-refractivity contribution in [3.8, 4) is 0 Å². The van der Waals surface area contributed by atoms with Crippen LogP contribution in [0, 0.1) is 13.8 Å². The Morgan fingerprint density at radius 1 is 1.16 bits per heavy atom. The number of hydrogen-bond donors (Lipinski definition) is 1. The Morgan fingerprint density at radius 2 is 1.88 bits per heavy atom. The largest absolute Gasteiger partial charge is 0.336 e. The van der Waals surface area contributed by atoms with Gasteiger partial charge in [-0.3, -0.25) is 9.59 Å². The number of hydrogen-bond acceptors (Lipinski definition) is 3. The number of nitrogens with zero attached hydrogens (tertiary/aromatic N) is 1. The smallest absolute Gasteiger partial charge is 0.243 e. The fraction of sp³-hybridized carbons (Fsp3) is 0.263. The molecular weight excluding hydrogens is 356 g/mol. The van der Waals surface area contributed by atoms with Crippen LogP contribution in [0.25, 0.3) is 0 Å². The molecule has 0 bridgehead atoms. The Kier molecular flexibility index (Phi) is 6.91.